The lowest BCUT2D eigenvalue weighted by Crippen LogP contribution is -2.39. The maximum Gasteiger partial charge on any atom is 0.128 e. The minimum atomic E-state index is -0.184. The van der Waals surface area contributed by atoms with E-state index in [1.165, 1.54) is 18.9 Å². The van der Waals surface area contributed by atoms with Crippen molar-refractivity contribution in [3.05, 3.63) is 34.6 Å². The van der Waals surface area contributed by atoms with Gasteiger partial charge in [0.15, 0.2) is 0 Å². The van der Waals surface area contributed by atoms with Crippen molar-refractivity contribution in [3.8, 4) is 0 Å². The van der Waals surface area contributed by atoms with Gasteiger partial charge in [-0.25, -0.2) is 4.39 Å². The average molecular weight is 348 g/mol. The molecule has 3 heteroatoms. The van der Waals surface area contributed by atoms with Crippen molar-refractivity contribution in [1.29, 1.82) is 0 Å². The van der Waals surface area contributed by atoms with Gasteiger partial charge in [-0.2, -0.15) is 0 Å². The smallest absolute Gasteiger partial charge is 0.128 e. The fraction of sp³-hybridized carbons (Fsp3) is 0.625. The quantitative estimate of drug-likeness (QED) is 0.579. The van der Waals surface area contributed by atoms with Gasteiger partial charge in [0.25, 0.3) is 0 Å². The highest BCUT2D eigenvalue weighted by Gasteiger charge is 2.40. The number of rotatable bonds is 2. The van der Waals surface area contributed by atoms with E-state index in [0.29, 0.717) is 15.8 Å². The molecule has 0 bridgehead atoms. The Labute approximate surface area is 128 Å². The van der Waals surface area contributed by atoms with Gasteiger partial charge in [-0.15, -0.1) is 0 Å². The summed E-state index contributed by atoms with van der Waals surface area (Å²) in [4.78, 5) is 0.460. The summed E-state index contributed by atoms with van der Waals surface area (Å²) in [5, 5.41) is 0.463. The Morgan fingerprint density at radius 2 is 2.00 bits per heavy atom. The topological polar surface area (TPSA) is 0 Å². The van der Waals surface area contributed by atoms with Crippen LogP contribution in [0.5, 0.6) is 0 Å². The summed E-state index contributed by atoms with van der Waals surface area (Å²) >= 11 is 9.67. The Kier molecular flexibility index (Phi) is 4.62. The van der Waals surface area contributed by atoms with Gasteiger partial charge >= 0.3 is 0 Å². The van der Waals surface area contributed by atoms with Gasteiger partial charge in [-0.05, 0) is 47.8 Å². The predicted molar refractivity (Wildman–Crippen MR) is 83.7 cm³/mol. The third-order valence-electron chi connectivity index (χ3n) is 4.59. The summed E-state index contributed by atoms with van der Waals surface area (Å²) in [6, 6.07) is 5.05. The van der Waals surface area contributed by atoms with Gasteiger partial charge in [0.1, 0.15) is 5.82 Å². The molecule has 1 saturated carbocycles. The number of halogens is 3. The van der Waals surface area contributed by atoms with Crippen LogP contribution < -0.4 is 0 Å². The van der Waals surface area contributed by atoms with Crippen molar-refractivity contribution < 1.29 is 4.39 Å². The van der Waals surface area contributed by atoms with Gasteiger partial charge in [0.05, 0.1) is 0 Å². The van der Waals surface area contributed by atoms with E-state index in [1.54, 1.807) is 6.07 Å². The molecule has 1 aliphatic carbocycles. The van der Waals surface area contributed by atoms with Crippen LogP contribution in [0, 0.1) is 17.7 Å². The first-order chi connectivity index (χ1) is 8.82. The molecule has 0 heterocycles. The Balaban J connectivity index is 2.30. The Bertz CT molecular complexity index is 458. The van der Waals surface area contributed by atoms with Crippen molar-refractivity contribution in [2.24, 2.45) is 11.8 Å². The zero-order valence-corrected chi connectivity index (χ0v) is 14.1. The molecule has 3 unspecified atom stereocenters. The summed E-state index contributed by atoms with van der Waals surface area (Å²) in [6.45, 7) is 6.59. The average Bonchev–Trinajstić information content (AvgIpc) is 2.27. The lowest BCUT2D eigenvalue weighted by atomic mass is 9.66. The minimum absolute atomic E-state index is 0.178. The number of benzene rings is 1. The fourth-order valence-electron chi connectivity index (χ4n) is 3.34. The van der Waals surface area contributed by atoms with Crippen LogP contribution >= 0.6 is 27.5 Å². The second-order valence-electron chi connectivity index (χ2n) is 6.39. The molecule has 0 radical (unpaired) electrons. The highest BCUT2D eigenvalue weighted by atomic mass is 79.9. The molecular formula is C16H21BrClF. The zero-order valence-electron chi connectivity index (χ0n) is 11.7. The van der Waals surface area contributed by atoms with Gasteiger partial charge < -0.3 is 0 Å². The monoisotopic (exact) mass is 346 g/mol. The Morgan fingerprint density at radius 3 is 2.58 bits per heavy atom. The van der Waals surface area contributed by atoms with Crippen LogP contribution in [-0.4, -0.2) is 4.83 Å². The molecule has 0 nitrogen and oxygen atoms in total. The van der Waals surface area contributed by atoms with Crippen molar-refractivity contribution in [3.63, 3.8) is 0 Å². The molecule has 1 aromatic carbocycles. The van der Waals surface area contributed by atoms with Gasteiger partial charge in [-0.3, -0.25) is 0 Å². The lowest BCUT2D eigenvalue weighted by molar-refractivity contribution is 0.210. The maximum atomic E-state index is 14.2. The molecule has 0 saturated heterocycles. The van der Waals surface area contributed by atoms with Crippen LogP contribution in [0.1, 0.15) is 45.6 Å². The van der Waals surface area contributed by atoms with Crippen LogP contribution in [0.25, 0.3) is 0 Å². The van der Waals surface area contributed by atoms with Crippen molar-refractivity contribution in [2.45, 2.75) is 50.3 Å². The molecule has 1 fully saturated rings. The molecule has 0 spiro atoms. The predicted octanol–water partition coefficient (Wildman–Crippen LogP) is 5.96. The molecule has 106 valence electrons. The van der Waals surface area contributed by atoms with Gasteiger partial charge in [0.2, 0.25) is 0 Å². The number of hydrogen-bond donors (Lipinski definition) is 0. The number of alkyl halides is 1. The van der Waals surface area contributed by atoms with Crippen LogP contribution in [-0.2, 0) is 5.41 Å². The Hall–Kier alpha value is -0.0800. The molecular weight excluding hydrogens is 327 g/mol. The molecule has 3 atom stereocenters. The van der Waals surface area contributed by atoms with E-state index in [4.69, 9.17) is 11.6 Å². The third-order valence-corrected chi connectivity index (χ3v) is 5.83. The lowest BCUT2D eigenvalue weighted by Gasteiger charge is -2.42. The molecule has 0 aliphatic heterocycles. The van der Waals surface area contributed by atoms with Crippen molar-refractivity contribution in [1.82, 2.24) is 0 Å². The minimum Gasteiger partial charge on any atom is -0.207 e. The zero-order chi connectivity index (χ0) is 14.2. The first-order valence-corrected chi connectivity index (χ1v) is 8.21. The fourth-order valence-corrected chi connectivity index (χ4v) is 5.06. The first kappa shape index (κ1) is 15.3. The van der Waals surface area contributed by atoms with E-state index in [0.717, 1.165) is 17.9 Å². The van der Waals surface area contributed by atoms with E-state index in [1.807, 2.05) is 6.07 Å². The van der Waals surface area contributed by atoms with Crippen LogP contribution in [0.4, 0.5) is 4.39 Å². The van der Waals surface area contributed by atoms with Crippen LogP contribution in [0.2, 0.25) is 5.02 Å². The summed E-state index contributed by atoms with van der Waals surface area (Å²) in [5.41, 5.74) is 0.601. The first-order valence-electron chi connectivity index (χ1n) is 6.92. The molecule has 0 N–H and O–H groups in total. The number of hydrogen-bond acceptors (Lipinski definition) is 0. The highest BCUT2D eigenvalue weighted by molar-refractivity contribution is 9.09. The van der Waals surface area contributed by atoms with E-state index in [2.05, 4.69) is 36.7 Å². The van der Waals surface area contributed by atoms with Crippen LogP contribution in [0.15, 0.2) is 18.2 Å². The molecule has 0 amide bonds. The normalized spacial score (nSPS) is 28.4. The largest absolute Gasteiger partial charge is 0.207 e. The molecule has 1 aromatic rings. The van der Waals surface area contributed by atoms with E-state index < -0.39 is 0 Å². The highest BCUT2D eigenvalue weighted by Crippen LogP contribution is 2.45. The van der Waals surface area contributed by atoms with Crippen molar-refractivity contribution in [2.75, 3.05) is 0 Å². The van der Waals surface area contributed by atoms with Crippen LogP contribution in [0.3, 0.4) is 0 Å². The van der Waals surface area contributed by atoms with E-state index >= 15 is 0 Å². The van der Waals surface area contributed by atoms with Gasteiger partial charge in [0, 0.05) is 9.85 Å². The molecule has 19 heavy (non-hydrogen) atoms. The summed E-state index contributed by atoms with van der Waals surface area (Å²) in [5.74, 6) is 1.03. The third kappa shape index (κ3) is 3.16. The molecule has 2 rings (SSSR count). The Morgan fingerprint density at radius 1 is 1.32 bits per heavy atom. The maximum absolute atomic E-state index is 14.2. The summed E-state index contributed by atoms with van der Waals surface area (Å²) in [6.07, 6.45) is 3.54. The second-order valence-corrected chi connectivity index (χ2v) is 8.00. The van der Waals surface area contributed by atoms with E-state index in [9.17, 15) is 4.39 Å². The second kappa shape index (κ2) is 5.73. The van der Waals surface area contributed by atoms with Gasteiger partial charge in [-0.1, -0.05) is 60.8 Å². The van der Waals surface area contributed by atoms with E-state index in [-0.39, 0.29) is 11.2 Å². The molecule has 1 aliphatic rings. The summed E-state index contributed by atoms with van der Waals surface area (Å²) < 4.78 is 14.2. The summed E-state index contributed by atoms with van der Waals surface area (Å²) in [7, 11) is 0. The van der Waals surface area contributed by atoms with Crippen molar-refractivity contribution >= 4 is 27.5 Å². The molecule has 0 aromatic heterocycles. The standard InChI is InChI=1S/C16H21BrClF/c1-10-4-6-12(14(17)8-10)16(2,3)13-7-5-11(18)9-15(13)19/h5,7,9-10,12,14H,4,6,8H2,1-3H3. The SMILES string of the molecule is CC1CCC(C(C)(C)c2ccc(Cl)cc2F)C(Br)C1.